The van der Waals surface area contributed by atoms with E-state index in [-0.39, 0.29) is 20.4 Å². The van der Waals surface area contributed by atoms with Crippen molar-refractivity contribution in [2.75, 3.05) is 5.32 Å². The van der Waals surface area contributed by atoms with E-state index < -0.39 is 0 Å². The maximum atomic E-state index is 11.2. The number of nitrogens with zero attached hydrogens (tertiary/aromatic N) is 2. The van der Waals surface area contributed by atoms with Gasteiger partial charge in [0.2, 0.25) is 5.91 Å². The Kier molecular flexibility index (Phi) is 5.37. The number of thioether (sulfide) groups is 1. The van der Waals surface area contributed by atoms with E-state index >= 15 is 0 Å². The molecule has 0 bridgehead atoms. The zero-order valence-electron chi connectivity index (χ0n) is 14.6. The fourth-order valence-electron chi connectivity index (χ4n) is 2.59. The second-order valence-corrected chi connectivity index (χ2v) is 6.71. The number of carbonyl (C=O) groups excluding carboxylic acids is 1. The van der Waals surface area contributed by atoms with Crippen LogP contribution in [0, 0.1) is 5.41 Å². The fourth-order valence-corrected chi connectivity index (χ4v) is 3.18. The predicted octanol–water partition coefficient (Wildman–Crippen LogP) is 4.61. The molecule has 0 aliphatic rings. The van der Waals surface area contributed by atoms with Crippen LogP contribution in [0.4, 0.5) is 11.4 Å². The standard InChI is InChI=1S/C19H18N6OS.3H2/c1-3-14-15-10-22-25-17(15)8-7-16(14)24-19(21)27-18(20)12-5-4-6-13(9-12)23-11(2)26;;;/h3-10,20H,1H2,2H3,(H2,21,24)(H,22,25)(H,23,26);3*1H. The molecule has 0 radical (unpaired) electrons. The van der Waals surface area contributed by atoms with Gasteiger partial charge in [0.15, 0.2) is 5.17 Å². The molecule has 0 atom stereocenters. The lowest BCUT2D eigenvalue weighted by molar-refractivity contribution is -0.114. The number of rotatable bonds is 4. The van der Waals surface area contributed by atoms with Crippen LogP contribution in [-0.4, -0.2) is 26.3 Å². The molecule has 0 aliphatic heterocycles. The number of amides is 1. The topological polar surface area (TPSA) is 120 Å². The minimum atomic E-state index is -0.168. The summed E-state index contributed by atoms with van der Waals surface area (Å²) in [5.74, 6) is -0.168. The van der Waals surface area contributed by atoms with Crippen molar-refractivity contribution in [1.29, 1.82) is 5.41 Å². The van der Waals surface area contributed by atoms with Gasteiger partial charge in [-0.15, -0.1) is 0 Å². The Labute approximate surface area is 164 Å². The normalized spacial score (nSPS) is 11.4. The Balaban J connectivity index is 0.00000280. The van der Waals surface area contributed by atoms with Gasteiger partial charge >= 0.3 is 0 Å². The Bertz CT molecular complexity index is 1080. The zero-order valence-corrected chi connectivity index (χ0v) is 15.4. The van der Waals surface area contributed by atoms with Crippen molar-refractivity contribution in [2.24, 2.45) is 10.7 Å². The van der Waals surface area contributed by atoms with Crippen molar-refractivity contribution < 1.29 is 9.07 Å². The summed E-state index contributed by atoms with van der Waals surface area (Å²) >= 11 is 1.04. The van der Waals surface area contributed by atoms with Gasteiger partial charge in [-0.2, -0.15) is 5.10 Å². The molecule has 7 nitrogen and oxygen atoms in total. The number of hydrogen-bond acceptors (Lipinski definition) is 5. The quantitative estimate of drug-likeness (QED) is 0.388. The third-order valence-electron chi connectivity index (χ3n) is 3.73. The van der Waals surface area contributed by atoms with Gasteiger partial charge in [0.25, 0.3) is 0 Å². The SMILES string of the molecule is C=Cc1c(N=C(N)SC(=N)c2cccc(NC(C)=O)c2)ccc2[nH]ncc12.[HH].[HH].[HH]. The lowest BCUT2D eigenvalue weighted by Crippen LogP contribution is -2.11. The molecule has 8 heteroatoms. The lowest BCUT2D eigenvalue weighted by Gasteiger charge is -2.08. The highest BCUT2D eigenvalue weighted by Crippen LogP contribution is 2.29. The molecular weight excluding hydrogens is 360 g/mol. The number of aromatic amines is 1. The summed E-state index contributed by atoms with van der Waals surface area (Å²) in [4.78, 5) is 15.6. The van der Waals surface area contributed by atoms with E-state index in [4.69, 9.17) is 11.1 Å². The van der Waals surface area contributed by atoms with E-state index in [1.54, 1.807) is 36.5 Å². The number of nitrogens with one attached hydrogen (secondary N) is 3. The molecule has 0 unspecified atom stereocenters. The van der Waals surface area contributed by atoms with Crippen molar-refractivity contribution in [1.82, 2.24) is 10.2 Å². The van der Waals surface area contributed by atoms with Gasteiger partial charge in [-0.05, 0) is 36.0 Å². The molecular formula is C19H24N6OS. The van der Waals surface area contributed by atoms with Crippen LogP contribution in [0.25, 0.3) is 17.0 Å². The molecule has 3 aromatic rings. The summed E-state index contributed by atoms with van der Waals surface area (Å²) in [6.45, 7) is 5.27. The molecule has 0 saturated heterocycles. The van der Waals surface area contributed by atoms with Crippen LogP contribution in [0.1, 0.15) is 22.3 Å². The molecule has 0 aliphatic carbocycles. The molecule has 5 N–H and O–H groups in total. The number of nitrogens with two attached hydrogens (primary N) is 1. The number of amidine groups is 1. The highest BCUT2D eigenvalue weighted by atomic mass is 32.2. The molecule has 0 spiro atoms. The van der Waals surface area contributed by atoms with Crippen LogP contribution in [0.15, 0.2) is 54.2 Å². The van der Waals surface area contributed by atoms with Crippen LogP contribution < -0.4 is 11.1 Å². The van der Waals surface area contributed by atoms with Crippen molar-refractivity contribution in [3.8, 4) is 0 Å². The minimum absolute atomic E-state index is 0. The Hall–Kier alpha value is -3.39. The average Bonchev–Trinajstić information content (AvgIpc) is 3.10. The second kappa shape index (κ2) is 7.88. The van der Waals surface area contributed by atoms with Crippen molar-refractivity contribution >= 4 is 56.2 Å². The van der Waals surface area contributed by atoms with E-state index in [1.807, 2.05) is 12.1 Å². The molecule has 1 heterocycles. The maximum Gasteiger partial charge on any atom is 0.221 e. The van der Waals surface area contributed by atoms with Crippen LogP contribution in [0.5, 0.6) is 0 Å². The van der Waals surface area contributed by atoms with Crippen molar-refractivity contribution in [3.05, 3.63) is 60.3 Å². The highest BCUT2D eigenvalue weighted by Gasteiger charge is 2.10. The molecule has 1 amide bonds. The first-order valence-corrected chi connectivity index (χ1v) is 8.86. The van der Waals surface area contributed by atoms with Gasteiger partial charge in [0, 0.05) is 33.4 Å². The molecule has 27 heavy (non-hydrogen) atoms. The van der Waals surface area contributed by atoms with Crippen LogP contribution in [0.3, 0.4) is 0 Å². The minimum Gasteiger partial charge on any atom is -0.378 e. The summed E-state index contributed by atoms with van der Waals surface area (Å²) in [6.07, 6.45) is 3.42. The number of H-pyrrole nitrogens is 1. The molecule has 1 aromatic heterocycles. The first-order chi connectivity index (χ1) is 13.0. The number of aromatic nitrogens is 2. The number of carbonyl (C=O) groups is 1. The molecule has 142 valence electrons. The van der Waals surface area contributed by atoms with Gasteiger partial charge in [0.05, 0.1) is 17.4 Å². The van der Waals surface area contributed by atoms with Gasteiger partial charge in [-0.3, -0.25) is 15.3 Å². The number of aliphatic imine (C=N–C) groups is 1. The van der Waals surface area contributed by atoms with Crippen molar-refractivity contribution in [2.45, 2.75) is 6.92 Å². The van der Waals surface area contributed by atoms with Crippen LogP contribution in [-0.2, 0) is 4.79 Å². The monoisotopic (exact) mass is 384 g/mol. The smallest absolute Gasteiger partial charge is 0.221 e. The first kappa shape index (κ1) is 18.4. The van der Waals surface area contributed by atoms with E-state index in [2.05, 4.69) is 27.1 Å². The summed E-state index contributed by atoms with van der Waals surface area (Å²) < 4.78 is 0. The first-order valence-electron chi connectivity index (χ1n) is 8.05. The number of hydrogen-bond donors (Lipinski definition) is 4. The number of fused-ring (bicyclic) bond motifs is 1. The number of benzene rings is 2. The summed E-state index contributed by atoms with van der Waals surface area (Å²) in [5.41, 5.74) is 9.68. The van der Waals surface area contributed by atoms with Gasteiger partial charge in [-0.25, -0.2) is 4.99 Å². The van der Waals surface area contributed by atoms with E-state index in [0.29, 0.717) is 16.9 Å². The Morgan fingerprint density at radius 1 is 1.44 bits per heavy atom. The second-order valence-electron chi connectivity index (χ2n) is 5.68. The fraction of sp³-hybridized carbons (Fsp3) is 0.0526. The average molecular weight is 385 g/mol. The van der Waals surface area contributed by atoms with Crippen LogP contribution >= 0.6 is 11.8 Å². The Morgan fingerprint density at radius 2 is 2.26 bits per heavy atom. The number of anilines is 1. The lowest BCUT2D eigenvalue weighted by atomic mass is 10.1. The van der Waals surface area contributed by atoms with Crippen LogP contribution in [0.2, 0.25) is 0 Å². The molecule has 0 fully saturated rings. The van der Waals surface area contributed by atoms with Gasteiger partial charge in [-0.1, -0.05) is 24.8 Å². The van der Waals surface area contributed by atoms with Gasteiger partial charge < -0.3 is 11.1 Å². The Morgan fingerprint density at radius 3 is 3.00 bits per heavy atom. The van der Waals surface area contributed by atoms with Gasteiger partial charge in [0.1, 0.15) is 5.04 Å². The molecule has 3 rings (SSSR count). The van der Waals surface area contributed by atoms with Crippen molar-refractivity contribution in [3.63, 3.8) is 0 Å². The largest absolute Gasteiger partial charge is 0.378 e. The molecule has 2 aromatic carbocycles. The third kappa shape index (κ3) is 4.24. The predicted molar refractivity (Wildman–Crippen MR) is 119 cm³/mol. The highest BCUT2D eigenvalue weighted by molar-refractivity contribution is 8.26. The summed E-state index contributed by atoms with van der Waals surface area (Å²) in [7, 11) is 0. The summed E-state index contributed by atoms with van der Waals surface area (Å²) in [6, 6.07) is 10.7. The summed E-state index contributed by atoms with van der Waals surface area (Å²) in [5, 5.41) is 19.3. The third-order valence-corrected chi connectivity index (χ3v) is 4.47. The zero-order chi connectivity index (χ0) is 19.4. The molecule has 0 saturated carbocycles. The maximum absolute atomic E-state index is 11.2. The van der Waals surface area contributed by atoms with E-state index in [9.17, 15) is 4.79 Å². The van der Waals surface area contributed by atoms with E-state index in [1.165, 1.54) is 6.92 Å². The van der Waals surface area contributed by atoms with E-state index in [0.717, 1.165) is 28.2 Å².